The monoisotopic (exact) mass is 246 g/mol. The number of hydrogen-bond donors (Lipinski definition) is 1. The molecule has 17 heavy (non-hydrogen) atoms. The lowest BCUT2D eigenvalue weighted by atomic mass is 9.87. The van der Waals surface area contributed by atoms with Gasteiger partial charge in [0.25, 0.3) is 0 Å². The summed E-state index contributed by atoms with van der Waals surface area (Å²) in [5.41, 5.74) is -0.701. The van der Waals surface area contributed by atoms with E-state index in [-0.39, 0.29) is 0 Å². The van der Waals surface area contributed by atoms with Gasteiger partial charge in [0.15, 0.2) is 0 Å². The molecule has 0 spiro atoms. The molecule has 0 heterocycles. The van der Waals surface area contributed by atoms with Gasteiger partial charge in [-0.2, -0.15) is 13.2 Å². The van der Waals surface area contributed by atoms with Gasteiger partial charge in [0.05, 0.1) is 12.0 Å². The van der Waals surface area contributed by atoms with Crippen molar-refractivity contribution >= 4 is 0 Å². The molecular weight excluding hydrogens is 229 g/mol. The van der Waals surface area contributed by atoms with Crippen LogP contribution in [0.15, 0.2) is 24.3 Å². The lowest BCUT2D eigenvalue weighted by Crippen LogP contribution is -2.30. The second kappa shape index (κ2) is 5.08. The van der Waals surface area contributed by atoms with Crippen LogP contribution in [0.3, 0.4) is 0 Å². The van der Waals surface area contributed by atoms with Crippen LogP contribution in [-0.4, -0.2) is 11.3 Å². The minimum absolute atomic E-state index is 0.374. The van der Waals surface area contributed by atoms with Crippen LogP contribution in [0.2, 0.25) is 0 Å². The van der Waals surface area contributed by atoms with E-state index in [2.05, 4.69) is 0 Å². The Hall–Kier alpha value is -1.03. The molecule has 0 aliphatic carbocycles. The molecule has 0 amide bonds. The Balaban J connectivity index is 3.05. The highest BCUT2D eigenvalue weighted by atomic mass is 19.4. The van der Waals surface area contributed by atoms with Gasteiger partial charge in [-0.3, -0.25) is 0 Å². The lowest BCUT2D eigenvalue weighted by molar-refractivity contribution is -0.174. The van der Waals surface area contributed by atoms with Crippen LogP contribution in [0.4, 0.5) is 13.2 Å². The third kappa shape index (κ3) is 4.04. The van der Waals surface area contributed by atoms with Gasteiger partial charge in [-0.1, -0.05) is 37.6 Å². The van der Waals surface area contributed by atoms with Crippen LogP contribution < -0.4 is 0 Å². The number of alkyl halides is 3. The summed E-state index contributed by atoms with van der Waals surface area (Å²) in [7, 11) is 0. The van der Waals surface area contributed by atoms with Crippen molar-refractivity contribution in [3.8, 4) is 0 Å². The maximum atomic E-state index is 12.4. The fourth-order valence-corrected chi connectivity index (χ4v) is 2.02. The average Bonchev–Trinajstić information content (AvgIpc) is 2.15. The van der Waals surface area contributed by atoms with Gasteiger partial charge < -0.3 is 5.11 Å². The molecule has 1 atom stereocenters. The summed E-state index contributed by atoms with van der Waals surface area (Å²) in [6, 6.07) is 6.76. The van der Waals surface area contributed by atoms with E-state index in [9.17, 15) is 18.3 Å². The standard InChI is InChI=1S/C13H17F3O/c1-3-6-10-7-4-5-8-11(10)12(2,17)9-13(14,15)16/h4-5,7-8,17H,3,6,9H2,1-2H3. The van der Waals surface area contributed by atoms with Gasteiger partial charge in [-0.05, 0) is 24.5 Å². The Kier molecular flexibility index (Phi) is 4.20. The molecule has 0 saturated heterocycles. The second-order valence-corrected chi connectivity index (χ2v) is 4.47. The van der Waals surface area contributed by atoms with Crippen molar-refractivity contribution in [3.63, 3.8) is 0 Å². The van der Waals surface area contributed by atoms with E-state index in [0.717, 1.165) is 12.0 Å². The molecule has 1 nitrogen and oxygen atoms in total. The summed E-state index contributed by atoms with van der Waals surface area (Å²) < 4.78 is 37.2. The van der Waals surface area contributed by atoms with Crippen molar-refractivity contribution in [2.24, 2.45) is 0 Å². The van der Waals surface area contributed by atoms with E-state index in [1.807, 2.05) is 6.92 Å². The summed E-state index contributed by atoms with van der Waals surface area (Å²) in [5, 5.41) is 10.0. The predicted octanol–water partition coefficient (Wildman–Crippen LogP) is 3.80. The van der Waals surface area contributed by atoms with E-state index in [0.29, 0.717) is 12.0 Å². The van der Waals surface area contributed by atoms with Crippen molar-refractivity contribution in [3.05, 3.63) is 35.4 Å². The Morgan fingerprint density at radius 1 is 1.18 bits per heavy atom. The number of aryl methyl sites for hydroxylation is 1. The number of rotatable bonds is 4. The fourth-order valence-electron chi connectivity index (χ4n) is 2.02. The summed E-state index contributed by atoms with van der Waals surface area (Å²) in [5.74, 6) is 0. The van der Waals surface area contributed by atoms with Crippen molar-refractivity contribution in [2.75, 3.05) is 0 Å². The van der Waals surface area contributed by atoms with E-state index in [1.54, 1.807) is 24.3 Å². The van der Waals surface area contributed by atoms with Crippen molar-refractivity contribution in [1.82, 2.24) is 0 Å². The predicted molar refractivity (Wildman–Crippen MR) is 60.7 cm³/mol. The molecular formula is C13H17F3O. The minimum Gasteiger partial charge on any atom is -0.385 e. The first-order valence-corrected chi connectivity index (χ1v) is 5.64. The van der Waals surface area contributed by atoms with E-state index in [1.165, 1.54) is 6.92 Å². The maximum absolute atomic E-state index is 12.4. The quantitative estimate of drug-likeness (QED) is 0.856. The summed E-state index contributed by atoms with van der Waals surface area (Å²) >= 11 is 0. The highest BCUT2D eigenvalue weighted by Crippen LogP contribution is 2.36. The molecule has 0 radical (unpaired) electrons. The molecule has 1 rings (SSSR count). The van der Waals surface area contributed by atoms with Gasteiger partial charge in [-0.25, -0.2) is 0 Å². The number of aliphatic hydroxyl groups is 1. The van der Waals surface area contributed by atoms with Crippen LogP contribution in [0.25, 0.3) is 0 Å². The van der Waals surface area contributed by atoms with E-state index in [4.69, 9.17) is 0 Å². The lowest BCUT2D eigenvalue weighted by Gasteiger charge is -2.27. The molecule has 96 valence electrons. The molecule has 1 unspecified atom stereocenters. The SMILES string of the molecule is CCCc1ccccc1C(C)(O)CC(F)(F)F. The topological polar surface area (TPSA) is 20.2 Å². The molecule has 0 aromatic heterocycles. The zero-order chi connectivity index (χ0) is 13.1. The summed E-state index contributed by atoms with van der Waals surface area (Å²) in [6.07, 6.45) is -4.09. The Labute approximate surface area is 99.3 Å². The number of halogens is 3. The highest BCUT2D eigenvalue weighted by molar-refractivity contribution is 5.32. The van der Waals surface area contributed by atoms with E-state index < -0.39 is 18.2 Å². The first kappa shape index (κ1) is 14.0. The highest BCUT2D eigenvalue weighted by Gasteiger charge is 2.39. The zero-order valence-corrected chi connectivity index (χ0v) is 10.0. The van der Waals surface area contributed by atoms with Gasteiger partial charge >= 0.3 is 6.18 Å². The molecule has 0 bridgehead atoms. The van der Waals surface area contributed by atoms with Gasteiger partial charge in [0.1, 0.15) is 0 Å². The van der Waals surface area contributed by atoms with Crippen LogP contribution >= 0.6 is 0 Å². The van der Waals surface area contributed by atoms with Crippen molar-refractivity contribution < 1.29 is 18.3 Å². The molecule has 1 aromatic rings. The summed E-state index contributed by atoms with van der Waals surface area (Å²) in [4.78, 5) is 0. The summed E-state index contributed by atoms with van der Waals surface area (Å²) in [6.45, 7) is 3.17. The Bertz CT molecular complexity index is 369. The van der Waals surface area contributed by atoms with Crippen LogP contribution in [-0.2, 0) is 12.0 Å². The largest absolute Gasteiger partial charge is 0.392 e. The smallest absolute Gasteiger partial charge is 0.385 e. The minimum atomic E-state index is -4.37. The molecule has 0 aliphatic heterocycles. The molecule has 1 aromatic carbocycles. The zero-order valence-electron chi connectivity index (χ0n) is 10.0. The Morgan fingerprint density at radius 2 is 1.76 bits per heavy atom. The molecule has 0 aliphatic rings. The van der Waals surface area contributed by atoms with Crippen LogP contribution in [0.1, 0.15) is 37.8 Å². The van der Waals surface area contributed by atoms with Crippen LogP contribution in [0, 0.1) is 0 Å². The molecule has 0 fully saturated rings. The number of hydrogen-bond acceptors (Lipinski definition) is 1. The second-order valence-electron chi connectivity index (χ2n) is 4.47. The van der Waals surface area contributed by atoms with Crippen molar-refractivity contribution in [2.45, 2.75) is 44.9 Å². The first-order valence-electron chi connectivity index (χ1n) is 5.64. The van der Waals surface area contributed by atoms with Crippen molar-refractivity contribution in [1.29, 1.82) is 0 Å². The third-order valence-corrected chi connectivity index (χ3v) is 2.66. The first-order chi connectivity index (χ1) is 7.76. The molecule has 1 N–H and O–H groups in total. The Morgan fingerprint density at radius 3 is 2.29 bits per heavy atom. The fraction of sp³-hybridized carbons (Fsp3) is 0.538. The normalized spacial score (nSPS) is 15.6. The average molecular weight is 246 g/mol. The van der Waals surface area contributed by atoms with Gasteiger partial charge in [0.2, 0.25) is 0 Å². The van der Waals surface area contributed by atoms with Gasteiger partial charge in [0, 0.05) is 0 Å². The van der Waals surface area contributed by atoms with Gasteiger partial charge in [-0.15, -0.1) is 0 Å². The third-order valence-electron chi connectivity index (χ3n) is 2.66. The van der Waals surface area contributed by atoms with E-state index >= 15 is 0 Å². The maximum Gasteiger partial charge on any atom is 0.392 e. The van der Waals surface area contributed by atoms with Crippen LogP contribution in [0.5, 0.6) is 0 Å². The molecule has 4 heteroatoms. The molecule has 0 saturated carbocycles. The number of benzene rings is 1.